The van der Waals surface area contributed by atoms with Gasteiger partial charge in [-0.05, 0) is 49.2 Å². The number of hydrogen-bond donors (Lipinski definition) is 1. The molecule has 0 amide bonds. The van der Waals surface area contributed by atoms with E-state index in [1.807, 2.05) is 26.0 Å². The number of benzene rings is 2. The molecule has 0 saturated carbocycles. The molecule has 0 heterocycles. The summed E-state index contributed by atoms with van der Waals surface area (Å²) in [6, 6.07) is 11.7. The van der Waals surface area contributed by atoms with Crippen LogP contribution in [0.15, 0.2) is 42.5 Å². The second-order valence-corrected chi connectivity index (χ2v) is 4.94. The molecule has 110 valence electrons. The van der Waals surface area contributed by atoms with Gasteiger partial charge in [-0.15, -0.1) is 0 Å². The Morgan fingerprint density at radius 2 is 2.00 bits per heavy atom. The fourth-order valence-electron chi connectivity index (χ4n) is 2.11. The maximum Gasteiger partial charge on any atom is 0.337 e. The fraction of sp³-hybridized carbons (Fsp3) is 0.235. The van der Waals surface area contributed by atoms with Gasteiger partial charge in [0.1, 0.15) is 5.82 Å². The van der Waals surface area contributed by atoms with Crippen LogP contribution in [0.2, 0.25) is 0 Å². The Labute approximate surface area is 123 Å². The number of hydrogen-bond acceptors (Lipinski definition) is 3. The van der Waals surface area contributed by atoms with Crippen molar-refractivity contribution >= 4 is 11.7 Å². The van der Waals surface area contributed by atoms with Gasteiger partial charge in [-0.25, -0.2) is 9.18 Å². The second-order valence-electron chi connectivity index (χ2n) is 4.94. The normalized spacial score (nSPS) is 11.8. The summed E-state index contributed by atoms with van der Waals surface area (Å²) in [5.74, 6) is -0.641. The maximum absolute atomic E-state index is 13.3. The molecule has 4 heteroatoms. The van der Waals surface area contributed by atoms with E-state index in [1.54, 1.807) is 18.2 Å². The van der Waals surface area contributed by atoms with E-state index >= 15 is 0 Å². The van der Waals surface area contributed by atoms with Crippen molar-refractivity contribution in [2.45, 2.75) is 19.9 Å². The summed E-state index contributed by atoms with van der Waals surface area (Å²) < 4.78 is 18.0. The van der Waals surface area contributed by atoms with Crippen molar-refractivity contribution in [3.8, 4) is 0 Å². The lowest BCUT2D eigenvalue weighted by atomic mass is 10.1. The average molecular weight is 287 g/mol. The third kappa shape index (κ3) is 3.60. The summed E-state index contributed by atoms with van der Waals surface area (Å²) in [5, 5.41) is 3.30. The lowest BCUT2D eigenvalue weighted by Gasteiger charge is -2.18. The number of carbonyl (C=O) groups is 1. The summed E-state index contributed by atoms with van der Waals surface area (Å²) in [7, 11) is 1.35. The van der Waals surface area contributed by atoms with Gasteiger partial charge in [-0.2, -0.15) is 0 Å². The van der Waals surface area contributed by atoms with Crippen LogP contribution < -0.4 is 5.32 Å². The Bertz CT molecular complexity index is 655. The van der Waals surface area contributed by atoms with Crippen molar-refractivity contribution in [2.24, 2.45) is 0 Å². The van der Waals surface area contributed by atoms with Crippen LogP contribution in [-0.2, 0) is 4.74 Å². The SMILES string of the molecule is COC(=O)c1ccc(C)c(NC(C)c2cccc(F)c2)c1. The monoisotopic (exact) mass is 287 g/mol. The predicted octanol–water partition coefficient (Wildman–Crippen LogP) is 4.09. The van der Waals surface area contributed by atoms with Crippen molar-refractivity contribution < 1.29 is 13.9 Å². The molecule has 0 aliphatic heterocycles. The number of methoxy groups -OCH3 is 1. The van der Waals surface area contributed by atoms with Crippen LogP contribution in [0, 0.1) is 12.7 Å². The Kier molecular flexibility index (Phi) is 4.58. The summed E-state index contributed by atoms with van der Waals surface area (Å²) in [4.78, 5) is 11.6. The molecular weight excluding hydrogens is 269 g/mol. The van der Waals surface area contributed by atoms with Crippen LogP contribution in [0.25, 0.3) is 0 Å². The van der Waals surface area contributed by atoms with Crippen LogP contribution in [0.1, 0.15) is 34.5 Å². The first kappa shape index (κ1) is 15.0. The Morgan fingerprint density at radius 3 is 2.67 bits per heavy atom. The highest BCUT2D eigenvalue weighted by Gasteiger charge is 2.11. The smallest absolute Gasteiger partial charge is 0.337 e. The topological polar surface area (TPSA) is 38.3 Å². The zero-order valence-corrected chi connectivity index (χ0v) is 12.3. The minimum atomic E-state index is -0.378. The average Bonchev–Trinajstić information content (AvgIpc) is 2.48. The van der Waals surface area contributed by atoms with Crippen molar-refractivity contribution in [3.63, 3.8) is 0 Å². The maximum atomic E-state index is 13.3. The predicted molar refractivity (Wildman–Crippen MR) is 81.0 cm³/mol. The van der Waals surface area contributed by atoms with Gasteiger partial charge in [0.05, 0.1) is 12.7 Å². The van der Waals surface area contributed by atoms with E-state index in [0.717, 1.165) is 16.8 Å². The summed E-state index contributed by atoms with van der Waals surface area (Å²) in [6.45, 7) is 3.89. The molecule has 0 fully saturated rings. The van der Waals surface area contributed by atoms with Gasteiger partial charge in [-0.3, -0.25) is 0 Å². The van der Waals surface area contributed by atoms with E-state index in [4.69, 9.17) is 4.74 Å². The molecule has 1 atom stereocenters. The van der Waals surface area contributed by atoms with Gasteiger partial charge in [0.2, 0.25) is 0 Å². The van der Waals surface area contributed by atoms with Gasteiger partial charge >= 0.3 is 5.97 Å². The molecule has 0 spiro atoms. The van der Waals surface area contributed by atoms with Crippen LogP contribution in [0.5, 0.6) is 0 Å². The fourth-order valence-corrected chi connectivity index (χ4v) is 2.11. The quantitative estimate of drug-likeness (QED) is 0.861. The van der Waals surface area contributed by atoms with Gasteiger partial charge in [-0.1, -0.05) is 18.2 Å². The van der Waals surface area contributed by atoms with Gasteiger partial charge < -0.3 is 10.1 Å². The van der Waals surface area contributed by atoms with E-state index in [0.29, 0.717) is 5.56 Å². The zero-order valence-electron chi connectivity index (χ0n) is 12.3. The lowest BCUT2D eigenvalue weighted by Crippen LogP contribution is -2.09. The number of rotatable bonds is 4. The molecule has 0 aromatic heterocycles. The molecule has 2 rings (SSSR count). The van der Waals surface area contributed by atoms with E-state index < -0.39 is 0 Å². The molecule has 0 aliphatic carbocycles. The molecule has 0 saturated heterocycles. The highest BCUT2D eigenvalue weighted by molar-refractivity contribution is 5.90. The van der Waals surface area contributed by atoms with Crippen LogP contribution >= 0.6 is 0 Å². The summed E-state index contributed by atoms with van der Waals surface area (Å²) in [6.07, 6.45) is 0. The molecule has 21 heavy (non-hydrogen) atoms. The van der Waals surface area contributed by atoms with Crippen LogP contribution in [0.4, 0.5) is 10.1 Å². The number of halogens is 1. The van der Waals surface area contributed by atoms with Crippen molar-refractivity contribution in [2.75, 3.05) is 12.4 Å². The first-order valence-electron chi connectivity index (χ1n) is 6.72. The third-order valence-corrected chi connectivity index (χ3v) is 3.38. The van der Waals surface area contributed by atoms with Crippen molar-refractivity contribution in [3.05, 3.63) is 65.0 Å². The number of nitrogens with one attached hydrogen (secondary N) is 1. The minimum absolute atomic E-state index is 0.0766. The van der Waals surface area contributed by atoms with Crippen molar-refractivity contribution in [1.82, 2.24) is 0 Å². The zero-order chi connectivity index (χ0) is 15.4. The highest BCUT2D eigenvalue weighted by Crippen LogP contribution is 2.24. The van der Waals surface area contributed by atoms with Gasteiger partial charge in [0.15, 0.2) is 0 Å². The van der Waals surface area contributed by atoms with Gasteiger partial charge in [0.25, 0.3) is 0 Å². The largest absolute Gasteiger partial charge is 0.465 e. The van der Waals surface area contributed by atoms with E-state index in [2.05, 4.69) is 5.32 Å². The minimum Gasteiger partial charge on any atom is -0.465 e. The number of aryl methyl sites for hydroxylation is 1. The molecule has 0 bridgehead atoms. The standard InChI is InChI=1S/C17H18FNO2/c1-11-7-8-14(17(20)21-3)10-16(11)19-12(2)13-5-4-6-15(18)9-13/h4-10,12,19H,1-3H3. The number of carbonyl (C=O) groups excluding carboxylic acids is 1. The third-order valence-electron chi connectivity index (χ3n) is 3.38. The summed E-state index contributed by atoms with van der Waals surface area (Å²) >= 11 is 0. The number of esters is 1. The molecule has 1 N–H and O–H groups in total. The number of anilines is 1. The van der Waals surface area contributed by atoms with E-state index in [9.17, 15) is 9.18 Å². The van der Waals surface area contributed by atoms with Crippen LogP contribution in [-0.4, -0.2) is 13.1 Å². The Balaban J connectivity index is 2.24. The molecule has 1 unspecified atom stereocenters. The van der Waals surface area contributed by atoms with E-state index in [-0.39, 0.29) is 17.8 Å². The van der Waals surface area contributed by atoms with E-state index in [1.165, 1.54) is 19.2 Å². The molecule has 2 aromatic rings. The molecule has 0 aliphatic rings. The first-order valence-corrected chi connectivity index (χ1v) is 6.72. The number of ether oxygens (including phenoxy) is 1. The summed E-state index contributed by atoms with van der Waals surface area (Å²) in [5.41, 5.74) is 3.16. The Hall–Kier alpha value is -2.36. The first-order chi connectivity index (χ1) is 10.0. The molecule has 3 nitrogen and oxygen atoms in total. The Morgan fingerprint density at radius 1 is 1.24 bits per heavy atom. The van der Waals surface area contributed by atoms with Crippen LogP contribution in [0.3, 0.4) is 0 Å². The highest BCUT2D eigenvalue weighted by atomic mass is 19.1. The lowest BCUT2D eigenvalue weighted by molar-refractivity contribution is 0.0601. The molecular formula is C17H18FNO2. The second kappa shape index (κ2) is 6.39. The molecule has 2 aromatic carbocycles. The van der Waals surface area contributed by atoms with Gasteiger partial charge in [0, 0.05) is 11.7 Å². The molecule has 0 radical (unpaired) electrons. The van der Waals surface area contributed by atoms with Crippen molar-refractivity contribution in [1.29, 1.82) is 0 Å².